The van der Waals surface area contributed by atoms with Crippen molar-refractivity contribution in [3.63, 3.8) is 0 Å². The van der Waals surface area contributed by atoms with Crippen LogP contribution in [-0.4, -0.2) is 20.3 Å². The molecule has 0 amide bonds. The minimum absolute atomic E-state index is 0.158. The number of hydrogen-bond donors (Lipinski definition) is 2. The van der Waals surface area contributed by atoms with Gasteiger partial charge >= 0.3 is 6.01 Å². The maximum absolute atomic E-state index is 8.89. The number of rotatable bonds is 1. The fourth-order valence-corrected chi connectivity index (χ4v) is 0.970. The number of H-pyrrole nitrogens is 1. The number of benzene rings is 1. The lowest BCUT2D eigenvalue weighted by Crippen LogP contribution is -1.78. The topological polar surface area (TPSA) is 61.8 Å². The predicted octanol–water partition coefficient (Wildman–Crippen LogP) is 1.18. The molecule has 1 aromatic heterocycles. The van der Waals surface area contributed by atoms with Gasteiger partial charge in [0.25, 0.3) is 0 Å². The maximum atomic E-state index is 8.89. The van der Waals surface area contributed by atoms with E-state index in [0.29, 0.717) is 5.82 Å². The molecule has 60 valence electrons. The third kappa shape index (κ3) is 1.14. The van der Waals surface area contributed by atoms with Gasteiger partial charge in [-0.3, -0.25) is 0 Å². The molecule has 2 rings (SSSR count). The SMILES string of the molecule is Oc1nc(-c2ccccc2)n[nH]1. The third-order valence-corrected chi connectivity index (χ3v) is 1.51. The van der Waals surface area contributed by atoms with Gasteiger partial charge in [-0.05, 0) is 0 Å². The van der Waals surface area contributed by atoms with Crippen LogP contribution >= 0.6 is 0 Å². The van der Waals surface area contributed by atoms with Gasteiger partial charge in [0, 0.05) is 5.56 Å². The minimum atomic E-state index is -0.158. The second-order valence-corrected chi connectivity index (χ2v) is 2.35. The van der Waals surface area contributed by atoms with Crippen molar-refractivity contribution in [3.8, 4) is 17.4 Å². The van der Waals surface area contributed by atoms with Crippen molar-refractivity contribution >= 4 is 0 Å². The van der Waals surface area contributed by atoms with Crippen LogP contribution in [0.15, 0.2) is 30.3 Å². The van der Waals surface area contributed by atoms with E-state index in [0.717, 1.165) is 5.56 Å². The summed E-state index contributed by atoms with van der Waals surface area (Å²) < 4.78 is 0. The molecule has 0 atom stereocenters. The van der Waals surface area contributed by atoms with Crippen molar-refractivity contribution in [2.24, 2.45) is 0 Å². The van der Waals surface area contributed by atoms with Crippen LogP contribution in [0.1, 0.15) is 0 Å². The Labute approximate surface area is 68.9 Å². The Hall–Kier alpha value is -1.84. The highest BCUT2D eigenvalue weighted by Crippen LogP contribution is 2.14. The Morgan fingerprint density at radius 2 is 1.92 bits per heavy atom. The van der Waals surface area contributed by atoms with Crippen LogP contribution in [0.3, 0.4) is 0 Å². The van der Waals surface area contributed by atoms with E-state index >= 15 is 0 Å². The Kier molecular flexibility index (Phi) is 1.51. The Morgan fingerprint density at radius 3 is 2.50 bits per heavy atom. The normalized spacial score (nSPS) is 10.0. The minimum Gasteiger partial charge on any atom is -0.479 e. The predicted molar refractivity (Wildman–Crippen MR) is 43.5 cm³/mol. The molecule has 1 heterocycles. The fourth-order valence-electron chi connectivity index (χ4n) is 0.970. The summed E-state index contributed by atoms with van der Waals surface area (Å²) >= 11 is 0. The van der Waals surface area contributed by atoms with Crippen LogP contribution in [-0.2, 0) is 0 Å². The number of aromatic amines is 1. The van der Waals surface area contributed by atoms with Crippen molar-refractivity contribution < 1.29 is 5.11 Å². The molecule has 4 nitrogen and oxygen atoms in total. The summed E-state index contributed by atoms with van der Waals surface area (Å²) in [4.78, 5) is 3.77. The first kappa shape index (κ1) is 6.84. The summed E-state index contributed by atoms with van der Waals surface area (Å²) in [5, 5.41) is 15.0. The number of hydrogen-bond acceptors (Lipinski definition) is 3. The molecule has 4 heteroatoms. The highest BCUT2D eigenvalue weighted by molar-refractivity contribution is 5.54. The zero-order valence-corrected chi connectivity index (χ0v) is 6.23. The molecule has 2 N–H and O–H groups in total. The van der Waals surface area contributed by atoms with Crippen LogP contribution < -0.4 is 0 Å². The summed E-state index contributed by atoms with van der Waals surface area (Å²) in [6.07, 6.45) is 0. The van der Waals surface area contributed by atoms with Crippen LogP contribution in [0.2, 0.25) is 0 Å². The lowest BCUT2D eigenvalue weighted by molar-refractivity contribution is 0.433. The van der Waals surface area contributed by atoms with Gasteiger partial charge in [0.05, 0.1) is 0 Å². The first-order valence-electron chi connectivity index (χ1n) is 3.53. The molecule has 0 aliphatic heterocycles. The quantitative estimate of drug-likeness (QED) is 0.660. The van der Waals surface area contributed by atoms with Gasteiger partial charge in [0.15, 0.2) is 5.82 Å². The molecule has 2 aromatic rings. The number of nitrogens with zero attached hydrogens (tertiary/aromatic N) is 2. The molecule has 0 fully saturated rings. The molecule has 0 spiro atoms. The molecule has 12 heavy (non-hydrogen) atoms. The van der Waals surface area contributed by atoms with Crippen molar-refractivity contribution in [2.75, 3.05) is 0 Å². The van der Waals surface area contributed by atoms with Gasteiger partial charge < -0.3 is 5.11 Å². The second-order valence-electron chi connectivity index (χ2n) is 2.35. The van der Waals surface area contributed by atoms with Crippen molar-refractivity contribution in [2.45, 2.75) is 0 Å². The first-order valence-corrected chi connectivity index (χ1v) is 3.53. The molecular weight excluding hydrogens is 154 g/mol. The molecule has 0 saturated heterocycles. The van der Waals surface area contributed by atoms with E-state index in [9.17, 15) is 0 Å². The van der Waals surface area contributed by atoms with E-state index in [1.54, 1.807) is 0 Å². The van der Waals surface area contributed by atoms with Crippen molar-refractivity contribution in [1.29, 1.82) is 0 Å². The molecular formula is C8H7N3O. The zero-order valence-electron chi connectivity index (χ0n) is 6.23. The van der Waals surface area contributed by atoms with E-state index < -0.39 is 0 Å². The number of nitrogens with one attached hydrogen (secondary N) is 1. The summed E-state index contributed by atoms with van der Waals surface area (Å²) in [7, 11) is 0. The molecule has 0 aliphatic carbocycles. The Bertz CT molecular complexity index is 369. The Morgan fingerprint density at radius 1 is 1.17 bits per heavy atom. The smallest absolute Gasteiger partial charge is 0.310 e. The van der Waals surface area contributed by atoms with Crippen LogP contribution in [0.5, 0.6) is 6.01 Å². The molecule has 0 bridgehead atoms. The molecule has 0 saturated carbocycles. The first-order chi connectivity index (χ1) is 5.86. The van der Waals surface area contributed by atoms with Crippen LogP contribution in [0.4, 0.5) is 0 Å². The summed E-state index contributed by atoms with van der Waals surface area (Å²) in [6.45, 7) is 0. The van der Waals surface area contributed by atoms with Gasteiger partial charge in [-0.15, -0.1) is 0 Å². The molecule has 0 radical (unpaired) electrons. The van der Waals surface area contributed by atoms with Gasteiger partial charge in [-0.25, -0.2) is 5.10 Å². The lowest BCUT2D eigenvalue weighted by Gasteiger charge is -1.90. The number of aromatic nitrogens is 3. The van der Waals surface area contributed by atoms with E-state index in [2.05, 4.69) is 15.2 Å². The third-order valence-electron chi connectivity index (χ3n) is 1.51. The maximum Gasteiger partial charge on any atom is 0.310 e. The van der Waals surface area contributed by atoms with Crippen LogP contribution in [0, 0.1) is 0 Å². The average Bonchev–Trinajstić information content (AvgIpc) is 2.54. The highest BCUT2D eigenvalue weighted by Gasteiger charge is 2.02. The van der Waals surface area contributed by atoms with E-state index in [1.165, 1.54) is 0 Å². The lowest BCUT2D eigenvalue weighted by atomic mass is 10.2. The van der Waals surface area contributed by atoms with Gasteiger partial charge in [0.1, 0.15) is 0 Å². The Balaban J connectivity index is 2.45. The van der Waals surface area contributed by atoms with Crippen molar-refractivity contribution in [3.05, 3.63) is 30.3 Å². The van der Waals surface area contributed by atoms with Gasteiger partial charge in [-0.1, -0.05) is 30.3 Å². The average molecular weight is 161 g/mol. The fraction of sp³-hybridized carbons (Fsp3) is 0. The monoisotopic (exact) mass is 161 g/mol. The molecule has 0 aliphatic rings. The van der Waals surface area contributed by atoms with Gasteiger partial charge in [0.2, 0.25) is 0 Å². The van der Waals surface area contributed by atoms with E-state index in [1.807, 2.05) is 30.3 Å². The van der Waals surface area contributed by atoms with E-state index in [4.69, 9.17) is 5.11 Å². The van der Waals surface area contributed by atoms with E-state index in [-0.39, 0.29) is 6.01 Å². The zero-order chi connectivity index (χ0) is 8.39. The largest absolute Gasteiger partial charge is 0.479 e. The van der Waals surface area contributed by atoms with Gasteiger partial charge in [-0.2, -0.15) is 10.1 Å². The highest BCUT2D eigenvalue weighted by atomic mass is 16.3. The summed E-state index contributed by atoms with van der Waals surface area (Å²) in [6, 6.07) is 9.29. The summed E-state index contributed by atoms with van der Waals surface area (Å²) in [5.74, 6) is 0.508. The second kappa shape index (κ2) is 2.65. The molecule has 0 unspecified atom stereocenters. The van der Waals surface area contributed by atoms with Crippen molar-refractivity contribution in [1.82, 2.24) is 15.2 Å². The number of aromatic hydroxyl groups is 1. The standard InChI is InChI=1S/C8H7N3O/c12-8-9-7(10-11-8)6-4-2-1-3-5-6/h1-5H,(H2,9,10,11,12). The van der Waals surface area contributed by atoms with Crippen LogP contribution in [0.25, 0.3) is 11.4 Å². The summed E-state index contributed by atoms with van der Waals surface area (Å²) in [5.41, 5.74) is 0.883. The molecule has 1 aromatic carbocycles.